The summed E-state index contributed by atoms with van der Waals surface area (Å²) in [6, 6.07) is 0. The van der Waals surface area contributed by atoms with Gasteiger partial charge >= 0.3 is 55.0 Å². The first-order valence-electron chi connectivity index (χ1n) is 4.28. The molecule has 4 N–H and O–H groups in total. The molecule has 0 saturated heterocycles. The van der Waals surface area contributed by atoms with Crippen molar-refractivity contribution < 1.29 is 58.1 Å². The average molecular weight is 437 g/mol. The summed E-state index contributed by atoms with van der Waals surface area (Å²) in [6.07, 6.45) is -10.5. The zero-order chi connectivity index (χ0) is 16.1. The number of hydrogen-bond acceptors (Lipinski definition) is 8. The number of rotatable bonds is 5. The van der Waals surface area contributed by atoms with Crippen LogP contribution in [0.1, 0.15) is 0 Å². The van der Waals surface area contributed by atoms with Crippen LogP contribution in [0.4, 0.5) is 22.5 Å². The van der Waals surface area contributed by atoms with Crippen molar-refractivity contribution >= 4 is 55.0 Å². The van der Waals surface area contributed by atoms with Crippen LogP contribution in [0.5, 0.6) is 0 Å². The summed E-state index contributed by atoms with van der Waals surface area (Å²) in [7, 11) is 0. The van der Waals surface area contributed by atoms with Crippen LogP contribution in [0.25, 0.3) is 0 Å². The largest absolute Gasteiger partial charge is 2.00 e. The van der Waals surface area contributed by atoms with Crippen LogP contribution in [0.15, 0.2) is 0 Å². The van der Waals surface area contributed by atoms with Gasteiger partial charge in [0, 0.05) is 0 Å². The van der Waals surface area contributed by atoms with E-state index in [0.717, 1.165) is 0 Å². The van der Waals surface area contributed by atoms with Crippen molar-refractivity contribution in [2.24, 2.45) is 0 Å². The van der Waals surface area contributed by atoms with Gasteiger partial charge in [-0.15, -0.1) is 4.94 Å². The Balaban J connectivity index is -0.000000102. The summed E-state index contributed by atoms with van der Waals surface area (Å²) in [6.45, 7) is -2.48. The molecule has 0 saturated carbocycles. The van der Waals surface area contributed by atoms with Crippen molar-refractivity contribution in [3.8, 4) is 0 Å². The molecule has 0 aliphatic heterocycles. The maximum absolute atomic E-state index is 11.5. The van der Waals surface area contributed by atoms with Crippen LogP contribution in [-0.2, 0) is 4.94 Å². The second kappa shape index (κ2) is 17.4. The molecular formula is C7H12BaF4O8. The Bertz CT molecular complexity index is 215. The van der Waals surface area contributed by atoms with Crippen molar-refractivity contribution in [3.63, 3.8) is 0 Å². The van der Waals surface area contributed by atoms with Crippen molar-refractivity contribution in [1.82, 2.24) is 0 Å². The van der Waals surface area contributed by atoms with Crippen LogP contribution < -0.4 is 10.2 Å². The molecule has 0 bridgehead atoms. The molecule has 118 valence electrons. The van der Waals surface area contributed by atoms with E-state index in [0.29, 0.717) is 0 Å². The number of hydrogen-bond donors (Lipinski definition) is 4. The fourth-order valence-electron chi connectivity index (χ4n) is 0.199. The molecule has 0 amide bonds. The molecule has 0 heterocycles. The van der Waals surface area contributed by atoms with Gasteiger partial charge in [0.15, 0.2) is 6.10 Å². The molecule has 1 unspecified atom stereocenters. The summed E-state index contributed by atoms with van der Waals surface area (Å²) >= 11 is 0. The van der Waals surface area contributed by atoms with E-state index >= 15 is 0 Å². The SMILES string of the molecule is O=C([O-])[O-].OC(CF)C(F)(F)OF.OCC(O)CO.[Ba+2]. The standard InChI is InChI=1S/C3H4F4O2.C3H8O3.CH2O3.Ba/c4-1-2(8)3(5,6)9-7;4-1-3(6)2-5;2-1(3)4;/h2,8H,1H2;3-6H,1-2H2;(H2,2,3,4);/q;;;+2/p-2. The predicted molar refractivity (Wildman–Crippen MR) is 50.5 cm³/mol. The van der Waals surface area contributed by atoms with Gasteiger partial charge in [-0.05, 0) is 10.7 Å². The van der Waals surface area contributed by atoms with E-state index in [1.54, 1.807) is 0 Å². The number of halogens is 4. The second-order valence-electron chi connectivity index (χ2n) is 2.58. The molecular weight excluding hydrogens is 425 g/mol. The zero-order valence-corrected chi connectivity index (χ0v) is 14.4. The number of carbonyl (C=O) groups excluding carboxylic acids is 1. The molecule has 0 aromatic rings. The predicted octanol–water partition coefficient (Wildman–Crippen LogP) is -3.69. The van der Waals surface area contributed by atoms with E-state index in [1.165, 1.54) is 0 Å². The molecule has 0 fully saturated rings. The Morgan fingerprint density at radius 3 is 1.55 bits per heavy atom. The topological polar surface area (TPSA) is 153 Å². The normalized spacial score (nSPS) is 11.2. The fraction of sp³-hybridized carbons (Fsp3) is 0.857. The van der Waals surface area contributed by atoms with Gasteiger partial charge in [0.2, 0.25) is 0 Å². The Morgan fingerprint density at radius 2 is 1.50 bits per heavy atom. The van der Waals surface area contributed by atoms with Crippen LogP contribution in [0.2, 0.25) is 0 Å². The van der Waals surface area contributed by atoms with E-state index in [4.69, 9.17) is 35.4 Å². The molecule has 0 aromatic carbocycles. The van der Waals surface area contributed by atoms with Gasteiger partial charge in [-0.3, -0.25) is 0 Å². The Hall–Kier alpha value is 0.361. The van der Waals surface area contributed by atoms with Crippen LogP contribution in [-0.4, -0.2) is 114 Å². The third-order valence-corrected chi connectivity index (χ3v) is 1.06. The zero-order valence-electron chi connectivity index (χ0n) is 9.92. The van der Waals surface area contributed by atoms with Gasteiger partial charge in [0.05, 0.1) is 13.2 Å². The molecule has 0 radical (unpaired) electrons. The second-order valence-corrected chi connectivity index (χ2v) is 2.58. The van der Waals surface area contributed by atoms with Crippen LogP contribution in [0.3, 0.4) is 0 Å². The first kappa shape index (κ1) is 28.5. The third kappa shape index (κ3) is 23.5. The molecule has 0 spiro atoms. The Kier molecular flexibility index (Phi) is 24.8. The maximum Gasteiger partial charge on any atom is 2.00 e. The summed E-state index contributed by atoms with van der Waals surface area (Å²) in [5.41, 5.74) is 0. The van der Waals surface area contributed by atoms with Crippen molar-refractivity contribution in [3.05, 3.63) is 0 Å². The first-order chi connectivity index (χ1) is 8.58. The van der Waals surface area contributed by atoms with Crippen molar-refractivity contribution in [1.29, 1.82) is 0 Å². The Labute approximate surface area is 150 Å². The number of aliphatic hydroxyl groups excluding tert-OH is 4. The first-order valence-corrected chi connectivity index (χ1v) is 4.28. The van der Waals surface area contributed by atoms with E-state index in [9.17, 15) is 17.7 Å². The van der Waals surface area contributed by atoms with E-state index in [1.807, 2.05) is 4.94 Å². The molecule has 8 nitrogen and oxygen atoms in total. The van der Waals surface area contributed by atoms with E-state index in [-0.39, 0.29) is 62.1 Å². The van der Waals surface area contributed by atoms with Gasteiger partial charge in [0.25, 0.3) is 0 Å². The van der Waals surface area contributed by atoms with Crippen LogP contribution in [0, 0.1) is 0 Å². The summed E-state index contributed by atoms with van der Waals surface area (Å²) in [5.74, 6) is 0. The summed E-state index contributed by atoms with van der Waals surface area (Å²) in [5, 5.41) is 48.6. The minimum atomic E-state index is -4.44. The summed E-state index contributed by atoms with van der Waals surface area (Å²) in [4.78, 5) is 10.3. The minimum absolute atomic E-state index is 0. The Morgan fingerprint density at radius 1 is 1.20 bits per heavy atom. The number of alkyl halides is 3. The number of carboxylic acid groups (broad SMARTS) is 2. The van der Waals surface area contributed by atoms with Gasteiger partial charge in [0.1, 0.15) is 12.8 Å². The smallest absolute Gasteiger partial charge is 0.652 e. The van der Waals surface area contributed by atoms with Gasteiger partial charge in [-0.25, -0.2) is 4.39 Å². The maximum atomic E-state index is 11.5. The van der Waals surface area contributed by atoms with Crippen molar-refractivity contribution in [2.75, 3.05) is 19.9 Å². The molecule has 20 heavy (non-hydrogen) atoms. The number of carbonyl (C=O) groups is 1. The van der Waals surface area contributed by atoms with E-state index < -0.39 is 31.1 Å². The molecule has 0 aliphatic carbocycles. The van der Waals surface area contributed by atoms with Gasteiger partial charge in [-0.1, -0.05) is 0 Å². The quantitative estimate of drug-likeness (QED) is 0.253. The van der Waals surface area contributed by atoms with Gasteiger partial charge < -0.3 is 35.4 Å². The summed E-state index contributed by atoms with van der Waals surface area (Å²) < 4.78 is 44.6. The van der Waals surface area contributed by atoms with Crippen molar-refractivity contribution in [2.45, 2.75) is 18.3 Å². The third-order valence-electron chi connectivity index (χ3n) is 1.06. The fourth-order valence-corrected chi connectivity index (χ4v) is 0.199. The molecule has 13 heteroatoms. The van der Waals surface area contributed by atoms with Crippen LogP contribution >= 0.6 is 0 Å². The molecule has 0 aliphatic rings. The number of aliphatic hydroxyl groups is 4. The molecule has 0 aromatic heterocycles. The van der Waals surface area contributed by atoms with E-state index in [2.05, 4.69) is 0 Å². The molecule has 1 atom stereocenters. The minimum Gasteiger partial charge on any atom is -0.652 e. The average Bonchev–Trinajstić information content (AvgIpc) is 2.36. The molecule has 0 rings (SSSR count). The van der Waals surface area contributed by atoms with Gasteiger partial charge in [-0.2, -0.15) is 8.78 Å². The monoisotopic (exact) mass is 438 g/mol.